The minimum atomic E-state index is -1.36. The van der Waals surface area contributed by atoms with Gasteiger partial charge in [-0.3, -0.25) is 0 Å². The second kappa shape index (κ2) is 11.0. The average molecular weight is 344 g/mol. The predicted octanol–water partition coefficient (Wildman–Crippen LogP) is 2.66. The van der Waals surface area contributed by atoms with Crippen LogP contribution in [0.15, 0.2) is 0 Å². The smallest absolute Gasteiger partial charge is 0.680 e. The van der Waals surface area contributed by atoms with Crippen molar-refractivity contribution < 1.29 is 32.0 Å². The summed E-state index contributed by atoms with van der Waals surface area (Å²) in [6.45, 7) is 12.5. The van der Waals surface area contributed by atoms with Crippen LogP contribution in [0.5, 0.6) is 0 Å². The topological polar surface area (TPSA) is 97.0 Å². The third-order valence-corrected chi connectivity index (χ3v) is 1.19. The minimum absolute atomic E-state index is 0. The number of carboxylic acid groups (broad SMARTS) is 1. The number of hydrogen-bond donors (Lipinski definition) is 0. The number of ether oxygens (including phenoxy) is 1. The number of carbonyl (C=O) groups excluding carboxylic acids is 1. The number of carbonyl (C=O) groups is 1. The Morgan fingerprint density at radius 3 is 1.53 bits per heavy atom. The zero-order valence-corrected chi connectivity index (χ0v) is 16.1. The van der Waals surface area contributed by atoms with Gasteiger partial charge in [-0.1, -0.05) is 55.8 Å². The monoisotopic (exact) mass is 343 g/mol. The summed E-state index contributed by atoms with van der Waals surface area (Å²) in [5, 5.41) is 24.1. The van der Waals surface area contributed by atoms with Crippen LogP contribution in [0.2, 0.25) is 39.3 Å². The molecule has 0 amide bonds. The van der Waals surface area contributed by atoms with Gasteiger partial charge in [-0.2, -0.15) is 0 Å². The summed E-state index contributed by atoms with van der Waals surface area (Å²) in [5.41, 5.74) is 0. The Morgan fingerprint density at radius 2 is 1.42 bits per heavy atom. The van der Waals surface area contributed by atoms with Gasteiger partial charge in [0.2, 0.25) is 0 Å². The van der Waals surface area contributed by atoms with Gasteiger partial charge in [-0.15, -0.1) is 0 Å². The van der Waals surface area contributed by atoms with E-state index in [-0.39, 0.29) is 17.4 Å². The molecule has 0 bridgehead atoms. The molecule has 0 aromatic carbocycles. The van der Waals surface area contributed by atoms with Crippen molar-refractivity contribution in [2.24, 2.45) is 0 Å². The predicted molar refractivity (Wildman–Crippen MR) is 79.3 cm³/mol. The van der Waals surface area contributed by atoms with E-state index in [1.54, 1.807) is 0 Å². The standard InChI is InChI=1S/C5H8O3.2C3H10NSi.Cr/c6-5(7)4-2-1-3-8-4;2*1-5(2,3)4;/h4H,1-3H2,(H,6,7);2*4H,1-3H3;/q;2*-1;+3/p-1. The van der Waals surface area contributed by atoms with Gasteiger partial charge in [0.05, 0.1) is 12.1 Å². The van der Waals surface area contributed by atoms with Crippen LogP contribution in [0.25, 0.3) is 10.8 Å². The molecule has 1 heterocycles. The average Bonchev–Trinajstić information content (AvgIpc) is 2.46. The molecule has 0 aliphatic carbocycles. The molecule has 1 saturated heterocycles. The van der Waals surface area contributed by atoms with Crippen LogP contribution in [0, 0.1) is 0 Å². The molecule has 8 heteroatoms. The number of aliphatic carboxylic acids is 1. The maximum Gasteiger partial charge on any atom is 3.00 e. The van der Waals surface area contributed by atoms with E-state index in [0.717, 1.165) is 6.42 Å². The second-order valence-electron chi connectivity index (χ2n) is 6.32. The number of hydrogen-bond acceptors (Lipinski definition) is 3. The summed E-state index contributed by atoms with van der Waals surface area (Å²) >= 11 is 0. The molecule has 0 saturated carbocycles. The van der Waals surface area contributed by atoms with E-state index in [0.29, 0.717) is 13.0 Å². The third-order valence-electron chi connectivity index (χ3n) is 1.19. The fraction of sp³-hybridized carbons (Fsp3) is 0.909. The van der Waals surface area contributed by atoms with Crippen molar-refractivity contribution in [3.05, 3.63) is 10.8 Å². The summed E-state index contributed by atoms with van der Waals surface area (Å²) in [4.78, 5) is 9.97. The normalized spacial score (nSPS) is 18.2. The molecule has 1 radical (unpaired) electrons. The molecule has 1 aliphatic rings. The van der Waals surface area contributed by atoms with E-state index in [1.807, 2.05) is 39.3 Å². The SMILES string of the molecule is C[Si](C)(C)[NH-].C[Si](C)(C)[NH-].O=C([O-])C1CCCO1.[Cr+3]. The molecule has 0 spiro atoms. The summed E-state index contributed by atoms with van der Waals surface area (Å²) in [7, 11) is -2.72. The Labute approximate surface area is 130 Å². The summed E-state index contributed by atoms with van der Waals surface area (Å²) in [6.07, 6.45) is 0.830. The fourth-order valence-corrected chi connectivity index (χ4v) is 0.764. The Morgan fingerprint density at radius 1 is 1.11 bits per heavy atom. The molecule has 2 N–H and O–H groups in total. The van der Waals surface area contributed by atoms with Crippen molar-refractivity contribution >= 4 is 22.4 Å². The van der Waals surface area contributed by atoms with Gasteiger partial charge in [0, 0.05) is 6.61 Å². The molecule has 0 aromatic rings. The van der Waals surface area contributed by atoms with Crippen molar-refractivity contribution in [2.75, 3.05) is 6.61 Å². The molecule has 1 aliphatic heterocycles. The van der Waals surface area contributed by atoms with E-state index in [1.165, 1.54) is 0 Å². The van der Waals surface area contributed by atoms with Crippen molar-refractivity contribution in [1.82, 2.24) is 0 Å². The number of nitrogens with one attached hydrogen (secondary N) is 2. The van der Waals surface area contributed by atoms with Gasteiger partial charge in [-0.25, -0.2) is 0 Å². The van der Waals surface area contributed by atoms with Crippen molar-refractivity contribution in [2.45, 2.75) is 58.2 Å². The molecule has 1 fully saturated rings. The van der Waals surface area contributed by atoms with Crippen molar-refractivity contribution in [3.63, 3.8) is 0 Å². The Bertz CT molecular complexity index is 213. The minimum Gasteiger partial charge on any atom is -0.680 e. The van der Waals surface area contributed by atoms with Gasteiger partial charge in [0.1, 0.15) is 0 Å². The molecular weight excluding hydrogens is 316 g/mol. The first-order chi connectivity index (χ1) is 7.80. The third kappa shape index (κ3) is 38.1. The van der Waals surface area contributed by atoms with Crippen molar-refractivity contribution in [1.29, 1.82) is 0 Å². The van der Waals surface area contributed by atoms with Crippen LogP contribution in [-0.4, -0.2) is 35.2 Å². The first-order valence-electron chi connectivity index (χ1n) is 6.13. The molecular formula is C11H27CrN2O3Si2. The number of rotatable bonds is 1. The van der Waals surface area contributed by atoms with E-state index in [4.69, 9.17) is 15.5 Å². The summed E-state index contributed by atoms with van der Waals surface area (Å²) < 4.78 is 4.75. The summed E-state index contributed by atoms with van der Waals surface area (Å²) in [6, 6.07) is 0. The van der Waals surface area contributed by atoms with E-state index >= 15 is 0 Å². The van der Waals surface area contributed by atoms with Gasteiger partial charge < -0.3 is 25.4 Å². The molecule has 1 unspecified atom stereocenters. The quantitative estimate of drug-likeness (QED) is 0.684. The van der Waals surface area contributed by atoms with Crippen LogP contribution in [0.4, 0.5) is 0 Å². The molecule has 1 rings (SSSR count). The zero-order chi connectivity index (χ0) is 15.0. The van der Waals surface area contributed by atoms with Gasteiger partial charge >= 0.3 is 17.4 Å². The maximum absolute atomic E-state index is 9.97. The van der Waals surface area contributed by atoms with E-state index in [9.17, 15) is 9.90 Å². The molecule has 1 atom stereocenters. The van der Waals surface area contributed by atoms with Crippen molar-refractivity contribution in [3.8, 4) is 0 Å². The first kappa shape index (κ1) is 24.3. The number of carboxylic acids is 1. The Balaban J connectivity index is -0.000000208. The first-order valence-corrected chi connectivity index (χ1v) is 13.1. The molecule has 0 aromatic heterocycles. The fourth-order valence-electron chi connectivity index (χ4n) is 0.764. The van der Waals surface area contributed by atoms with Gasteiger partial charge in [0.25, 0.3) is 0 Å². The van der Waals surface area contributed by atoms with E-state index in [2.05, 4.69) is 0 Å². The van der Waals surface area contributed by atoms with Crippen LogP contribution in [-0.2, 0) is 26.9 Å². The molecule has 19 heavy (non-hydrogen) atoms. The Kier molecular flexibility index (Phi) is 14.1. The largest absolute Gasteiger partial charge is 3.00 e. The molecule has 5 nitrogen and oxygen atoms in total. The molecule has 113 valence electrons. The van der Waals surface area contributed by atoms with Gasteiger partial charge in [-0.05, 0) is 12.8 Å². The van der Waals surface area contributed by atoms with Crippen LogP contribution >= 0.6 is 0 Å². The maximum atomic E-state index is 9.97. The van der Waals surface area contributed by atoms with Crippen LogP contribution in [0.1, 0.15) is 12.8 Å². The van der Waals surface area contributed by atoms with Crippen LogP contribution < -0.4 is 5.11 Å². The summed E-state index contributed by atoms with van der Waals surface area (Å²) in [5.74, 6) is -1.08. The van der Waals surface area contributed by atoms with Gasteiger partial charge in [0.15, 0.2) is 0 Å². The van der Waals surface area contributed by atoms with Crippen LogP contribution in [0.3, 0.4) is 0 Å². The van der Waals surface area contributed by atoms with E-state index < -0.39 is 28.5 Å². The zero-order valence-electron chi connectivity index (χ0n) is 12.8. The Hall–Kier alpha value is 0.316. The second-order valence-corrected chi connectivity index (χ2v) is 15.3.